The minimum Gasteiger partial charge on any atom is -0.324 e. The summed E-state index contributed by atoms with van der Waals surface area (Å²) in [6.45, 7) is 1.65. The summed E-state index contributed by atoms with van der Waals surface area (Å²) in [5, 5.41) is 17.5. The highest BCUT2D eigenvalue weighted by molar-refractivity contribution is 5.98. The first-order valence-electron chi connectivity index (χ1n) is 11.2. The van der Waals surface area contributed by atoms with Gasteiger partial charge >= 0.3 is 0 Å². The van der Waals surface area contributed by atoms with Crippen molar-refractivity contribution in [3.63, 3.8) is 0 Å². The smallest absolute Gasteiger partial charge is 0.244 e. The first kappa shape index (κ1) is 20.7. The molecule has 0 bridgehead atoms. The van der Waals surface area contributed by atoms with Crippen molar-refractivity contribution in [3.05, 3.63) is 59.5 Å². The molecule has 2 heterocycles. The quantitative estimate of drug-likeness (QED) is 0.668. The standard InChI is InChI=1S/C25H26FN5O/c1-30-23(21-15-19(26)5-8-22(21)29-30)18-9-13-31(14-10-18)25(11-2-12-25)24(32)28-20-6-3-17(16-27)4-7-20/h3-8,15,18H,2,9-14H2,1H3,(H,28,32). The molecule has 1 amide bonds. The van der Waals surface area contributed by atoms with Crippen LogP contribution in [0.2, 0.25) is 0 Å². The predicted molar refractivity (Wildman–Crippen MR) is 121 cm³/mol. The van der Waals surface area contributed by atoms with Crippen molar-refractivity contribution in [2.75, 3.05) is 18.4 Å². The van der Waals surface area contributed by atoms with Crippen molar-refractivity contribution >= 4 is 22.5 Å². The third-order valence-electron chi connectivity index (χ3n) is 7.20. The Balaban J connectivity index is 1.30. The Bertz CT molecular complexity index is 1200. The van der Waals surface area contributed by atoms with E-state index in [-0.39, 0.29) is 11.7 Å². The summed E-state index contributed by atoms with van der Waals surface area (Å²) in [6.07, 6.45) is 4.60. The Labute approximate surface area is 186 Å². The van der Waals surface area contributed by atoms with Crippen LogP contribution in [-0.2, 0) is 11.8 Å². The van der Waals surface area contributed by atoms with E-state index in [2.05, 4.69) is 21.4 Å². The predicted octanol–water partition coefficient (Wildman–Crippen LogP) is 4.32. The molecule has 1 N–H and O–H groups in total. The number of rotatable bonds is 4. The first-order chi connectivity index (χ1) is 15.5. The Morgan fingerprint density at radius 1 is 1.19 bits per heavy atom. The average molecular weight is 432 g/mol. The zero-order chi connectivity index (χ0) is 22.3. The van der Waals surface area contributed by atoms with Gasteiger partial charge in [0.2, 0.25) is 5.91 Å². The number of likely N-dealkylation sites (tertiary alicyclic amines) is 1. The molecule has 1 aliphatic heterocycles. The zero-order valence-corrected chi connectivity index (χ0v) is 18.1. The van der Waals surface area contributed by atoms with E-state index < -0.39 is 5.54 Å². The maximum atomic E-state index is 13.9. The highest BCUT2D eigenvalue weighted by atomic mass is 19.1. The Kier molecular flexibility index (Phi) is 5.18. The van der Waals surface area contributed by atoms with E-state index in [9.17, 15) is 9.18 Å². The maximum Gasteiger partial charge on any atom is 0.244 e. The van der Waals surface area contributed by atoms with Crippen LogP contribution in [-0.4, -0.2) is 39.2 Å². The molecule has 5 rings (SSSR count). The second-order valence-corrected chi connectivity index (χ2v) is 8.96. The highest BCUT2D eigenvalue weighted by Gasteiger charge is 2.49. The molecule has 1 aromatic heterocycles. The largest absolute Gasteiger partial charge is 0.324 e. The van der Waals surface area contributed by atoms with Crippen LogP contribution in [0.5, 0.6) is 0 Å². The monoisotopic (exact) mass is 431 g/mol. The van der Waals surface area contributed by atoms with Gasteiger partial charge in [-0.1, -0.05) is 0 Å². The summed E-state index contributed by atoms with van der Waals surface area (Å²) >= 11 is 0. The number of piperidine rings is 1. The number of carbonyl (C=O) groups excluding carboxylic acids is 1. The molecular formula is C25H26FN5O. The number of anilines is 1. The number of carbonyl (C=O) groups is 1. The third kappa shape index (κ3) is 3.45. The summed E-state index contributed by atoms with van der Waals surface area (Å²) in [5.41, 5.74) is 2.75. The van der Waals surface area contributed by atoms with Crippen molar-refractivity contribution in [3.8, 4) is 6.07 Å². The second kappa shape index (κ2) is 8.03. The van der Waals surface area contributed by atoms with E-state index in [1.54, 1.807) is 36.4 Å². The number of aromatic nitrogens is 2. The third-order valence-corrected chi connectivity index (χ3v) is 7.20. The topological polar surface area (TPSA) is 74.0 Å². The van der Waals surface area contributed by atoms with Crippen molar-refractivity contribution < 1.29 is 9.18 Å². The van der Waals surface area contributed by atoms with Crippen molar-refractivity contribution in [1.82, 2.24) is 14.7 Å². The Morgan fingerprint density at radius 3 is 2.53 bits per heavy atom. The van der Waals surface area contributed by atoms with Crippen LogP contribution in [0.1, 0.15) is 49.3 Å². The fraction of sp³-hybridized carbons (Fsp3) is 0.400. The van der Waals surface area contributed by atoms with E-state index >= 15 is 0 Å². The molecule has 164 valence electrons. The van der Waals surface area contributed by atoms with Crippen LogP contribution in [0.4, 0.5) is 10.1 Å². The van der Waals surface area contributed by atoms with E-state index in [1.807, 2.05) is 11.7 Å². The van der Waals surface area contributed by atoms with Gasteiger partial charge in [-0.2, -0.15) is 10.4 Å². The van der Waals surface area contributed by atoms with Crippen molar-refractivity contribution in [1.29, 1.82) is 5.26 Å². The van der Waals surface area contributed by atoms with Gasteiger partial charge in [0.05, 0.1) is 17.1 Å². The van der Waals surface area contributed by atoms with Gasteiger partial charge in [0.1, 0.15) is 11.4 Å². The number of hydrogen-bond acceptors (Lipinski definition) is 4. The molecule has 0 spiro atoms. The summed E-state index contributed by atoms with van der Waals surface area (Å²) in [4.78, 5) is 15.6. The van der Waals surface area contributed by atoms with E-state index in [0.717, 1.165) is 67.5 Å². The van der Waals surface area contributed by atoms with Crippen molar-refractivity contribution in [2.24, 2.45) is 7.05 Å². The summed E-state index contributed by atoms with van der Waals surface area (Å²) in [6, 6.07) is 13.9. The molecule has 2 aromatic carbocycles. The van der Waals surface area contributed by atoms with Gasteiger partial charge in [0.25, 0.3) is 0 Å². The van der Waals surface area contributed by atoms with Crippen LogP contribution in [0.15, 0.2) is 42.5 Å². The molecule has 6 nitrogen and oxygen atoms in total. The summed E-state index contributed by atoms with van der Waals surface area (Å²) in [5.74, 6) is 0.0961. The Morgan fingerprint density at radius 2 is 1.91 bits per heavy atom. The molecule has 2 aliphatic rings. The number of nitrogens with one attached hydrogen (secondary N) is 1. The lowest BCUT2D eigenvalue weighted by Gasteiger charge is -2.51. The lowest BCUT2D eigenvalue weighted by molar-refractivity contribution is -0.135. The first-order valence-corrected chi connectivity index (χ1v) is 11.2. The van der Waals surface area contributed by atoms with Crippen LogP contribution in [0.3, 0.4) is 0 Å². The molecule has 0 atom stereocenters. The van der Waals surface area contributed by atoms with Gasteiger partial charge in [-0.15, -0.1) is 0 Å². The molecule has 0 unspecified atom stereocenters. The fourth-order valence-electron chi connectivity index (χ4n) is 5.33. The molecule has 32 heavy (non-hydrogen) atoms. The average Bonchev–Trinajstić information content (AvgIpc) is 3.09. The van der Waals surface area contributed by atoms with Gasteiger partial charge in [-0.3, -0.25) is 14.4 Å². The molecular weight excluding hydrogens is 405 g/mol. The molecule has 1 saturated heterocycles. The lowest BCUT2D eigenvalue weighted by atomic mass is 9.73. The van der Waals surface area contributed by atoms with E-state index in [1.165, 1.54) is 6.07 Å². The number of hydrogen-bond donors (Lipinski definition) is 1. The number of aryl methyl sites for hydroxylation is 1. The van der Waals surface area contributed by atoms with E-state index in [0.29, 0.717) is 11.5 Å². The van der Waals surface area contributed by atoms with Gasteiger partial charge in [-0.05, 0) is 87.7 Å². The number of nitriles is 1. The second-order valence-electron chi connectivity index (χ2n) is 8.96. The fourth-order valence-corrected chi connectivity index (χ4v) is 5.33. The minimum absolute atomic E-state index is 0.0416. The van der Waals surface area contributed by atoms with Gasteiger partial charge in [0, 0.05) is 29.7 Å². The van der Waals surface area contributed by atoms with E-state index in [4.69, 9.17) is 5.26 Å². The van der Waals surface area contributed by atoms with Gasteiger partial charge < -0.3 is 5.32 Å². The number of benzene rings is 2. The van der Waals surface area contributed by atoms with Crippen LogP contribution < -0.4 is 5.32 Å². The molecule has 3 aromatic rings. The van der Waals surface area contributed by atoms with Crippen LogP contribution in [0, 0.1) is 17.1 Å². The van der Waals surface area contributed by atoms with Crippen LogP contribution >= 0.6 is 0 Å². The van der Waals surface area contributed by atoms with Crippen molar-refractivity contribution in [2.45, 2.75) is 43.6 Å². The number of nitrogens with zero attached hydrogens (tertiary/aromatic N) is 4. The van der Waals surface area contributed by atoms with Gasteiger partial charge in [-0.25, -0.2) is 4.39 Å². The maximum absolute atomic E-state index is 13.9. The lowest BCUT2D eigenvalue weighted by Crippen LogP contribution is -2.62. The Hall–Kier alpha value is -3.24. The molecule has 7 heteroatoms. The summed E-state index contributed by atoms with van der Waals surface area (Å²) in [7, 11) is 1.93. The highest BCUT2D eigenvalue weighted by Crippen LogP contribution is 2.43. The molecule has 0 radical (unpaired) electrons. The van der Waals surface area contributed by atoms with Crippen LogP contribution in [0.25, 0.3) is 10.9 Å². The summed E-state index contributed by atoms with van der Waals surface area (Å²) < 4.78 is 15.8. The number of amides is 1. The zero-order valence-electron chi connectivity index (χ0n) is 18.1. The van der Waals surface area contributed by atoms with Gasteiger partial charge in [0.15, 0.2) is 0 Å². The number of fused-ring (bicyclic) bond motifs is 1. The number of halogens is 1. The molecule has 1 saturated carbocycles. The molecule has 1 aliphatic carbocycles. The SMILES string of the molecule is Cn1nc2ccc(F)cc2c1C1CCN(C2(C(=O)Nc3ccc(C#N)cc3)CCC2)CC1. The normalized spacial score (nSPS) is 18.8. The minimum atomic E-state index is -0.459. The molecule has 2 fully saturated rings.